The summed E-state index contributed by atoms with van der Waals surface area (Å²) >= 11 is 0. The first-order chi connectivity index (χ1) is 31.4. The van der Waals surface area contributed by atoms with Gasteiger partial charge in [0.25, 0.3) is 0 Å². The van der Waals surface area contributed by atoms with Crippen molar-refractivity contribution in [1.29, 1.82) is 0 Å². The maximum atomic E-state index is 14.1. The number of alkyl halides is 6. The van der Waals surface area contributed by atoms with E-state index in [0.717, 1.165) is 62.5 Å². The molecule has 2 heterocycles. The predicted molar refractivity (Wildman–Crippen MR) is 247 cm³/mol. The smallest absolute Gasteiger partial charge is 0.420 e. The van der Waals surface area contributed by atoms with Crippen molar-refractivity contribution in [2.24, 2.45) is 34.5 Å². The number of esters is 1. The van der Waals surface area contributed by atoms with Crippen LogP contribution in [0, 0.1) is 34.5 Å². The van der Waals surface area contributed by atoms with Crippen LogP contribution in [0.15, 0.2) is 60.7 Å². The first kappa shape index (κ1) is 50.3. The lowest BCUT2D eigenvalue weighted by molar-refractivity contribution is -0.151. The van der Waals surface area contributed by atoms with Crippen molar-refractivity contribution in [2.45, 2.75) is 131 Å². The monoisotopic (exact) mass is 940 g/mol. The molecule has 0 bridgehead atoms. The fourth-order valence-electron chi connectivity index (χ4n) is 10.5. The van der Waals surface area contributed by atoms with Crippen LogP contribution in [0.4, 0.5) is 26.3 Å². The predicted octanol–water partition coefficient (Wildman–Crippen LogP) is 12.8. The van der Waals surface area contributed by atoms with E-state index in [-0.39, 0.29) is 63.1 Å². The molecule has 2 aliphatic carbocycles. The molecular formula is C53H66F6N2O6. The van der Waals surface area contributed by atoms with E-state index < -0.39 is 29.4 Å². The molecule has 0 unspecified atom stereocenters. The number of fused-ring (bicyclic) bond motifs is 2. The van der Waals surface area contributed by atoms with E-state index in [9.17, 15) is 35.9 Å². The van der Waals surface area contributed by atoms with E-state index >= 15 is 0 Å². The Morgan fingerprint density at radius 3 is 1.27 bits per heavy atom. The zero-order valence-electron chi connectivity index (χ0n) is 39.8. The second kappa shape index (κ2) is 19.8. The molecule has 0 aromatic heterocycles. The van der Waals surface area contributed by atoms with Gasteiger partial charge in [0, 0.05) is 39.3 Å². The van der Waals surface area contributed by atoms with Gasteiger partial charge >= 0.3 is 24.3 Å². The number of likely N-dealkylation sites (tertiary alicyclic amines) is 2. The lowest BCUT2D eigenvalue weighted by Gasteiger charge is -2.37. The van der Waals surface area contributed by atoms with E-state index in [1.165, 1.54) is 25.3 Å². The topological polar surface area (TPSA) is 88.5 Å². The Morgan fingerprint density at radius 1 is 0.567 bits per heavy atom. The number of nitrogens with zero attached hydrogens (tertiary/aromatic N) is 2. The van der Waals surface area contributed by atoms with Crippen molar-refractivity contribution >= 4 is 33.5 Å². The summed E-state index contributed by atoms with van der Waals surface area (Å²) in [5.74, 6) is -0.543. The molecule has 0 amide bonds. The molecule has 2 aliphatic heterocycles. The van der Waals surface area contributed by atoms with E-state index in [0.29, 0.717) is 61.9 Å². The summed E-state index contributed by atoms with van der Waals surface area (Å²) in [5, 5.41) is 10.4. The summed E-state index contributed by atoms with van der Waals surface area (Å²) in [6, 6.07) is 16.4. The number of methoxy groups -OCH3 is 1. The van der Waals surface area contributed by atoms with E-state index in [1.807, 2.05) is 4.90 Å². The van der Waals surface area contributed by atoms with Gasteiger partial charge in [0.15, 0.2) is 0 Å². The Labute approximate surface area is 390 Å². The lowest BCUT2D eigenvalue weighted by atomic mass is 9.72. The maximum absolute atomic E-state index is 14.1. The quantitative estimate of drug-likeness (QED) is 0.124. The Balaban J connectivity index is 0.000000199. The Hall–Kier alpha value is -4.56. The van der Waals surface area contributed by atoms with E-state index in [2.05, 4.69) is 46.4 Å². The van der Waals surface area contributed by atoms with Crippen LogP contribution < -0.4 is 9.47 Å². The molecule has 67 heavy (non-hydrogen) atoms. The molecule has 2 saturated heterocycles. The first-order valence-corrected chi connectivity index (χ1v) is 23.7. The number of carbonyl (C=O) groups excluding carboxylic acids is 1. The third kappa shape index (κ3) is 12.2. The highest BCUT2D eigenvalue weighted by Gasteiger charge is 2.41. The molecule has 4 aromatic rings. The molecule has 0 radical (unpaired) electrons. The van der Waals surface area contributed by atoms with Crippen LogP contribution in [0.3, 0.4) is 0 Å². The summed E-state index contributed by atoms with van der Waals surface area (Å²) in [6.45, 7) is 16.5. The van der Waals surface area contributed by atoms with Crippen molar-refractivity contribution in [2.75, 3.05) is 33.3 Å². The zero-order valence-corrected chi connectivity index (χ0v) is 39.8. The van der Waals surface area contributed by atoms with Crippen LogP contribution in [-0.2, 0) is 39.8 Å². The molecule has 4 fully saturated rings. The van der Waals surface area contributed by atoms with E-state index in [1.54, 1.807) is 42.5 Å². The Kier molecular flexibility index (Phi) is 14.9. The highest BCUT2D eigenvalue weighted by molar-refractivity contribution is 5.90. The minimum atomic E-state index is -4.52. The van der Waals surface area contributed by atoms with Gasteiger partial charge in [-0.3, -0.25) is 19.4 Å². The van der Waals surface area contributed by atoms with Gasteiger partial charge in [-0.25, -0.2) is 0 Å². The highest BCUT2D eigenvalue weighted by Crippen LogP contribution is 2.46. The lowest BCUT2D eigenvalue weighted by Crippen LogP contribution is -2.49. The van der Waals surface area contributed by atoms with Gasteiger partial charge < -0.3 is 19.3 Å². The second-order valence-corrected chi connectivity index (χ2v) is 21.5. The van der Waals surface area contributed by atoms with Crippen LogP contribution in [0.25, 0.3) is 21.5 Å². The Bertz CT molecular complexity index is 2380. The summed E-state index contributed by atoms with van der Waals surface area (Å²) in [4.78, 5) is 26.6. The summed E-state index contributed by atoms with van der Waals surface area (Å²) in [7, 11) is 1.38. The van der Waals surface area contributed by atoms with Crippen LogP contribution in [0.2, 0.25) is 0 Å². The third-order valence-corrected chi connectivity index (χ3v) is 14.7. The van der Waals surface area contributed by atoms with Crippen molar-refractivity contribution in [3.05, 3.63) is 82.9 Å². The molecular weight excluding hydrogens is 875 g/mol. The third-order valence-electron chi connectivity index (χ3n) is 14.7. The average Bonchev–Trinajstić information content (AvgIpc) is 3.21. The van der Waals surface area contributed by atoms with Crippen LogP contribution in [-0.4, -0.2) is 72.3 Å². The van der Waals surface area contributed by atoms with Gasteiger partial charge in [0.05, 0.1) is 31.2 Å². The number of hydrogen-bond acceptors (Lipinski definition) is 7. The number of benzene rings is 4. The van der Waals surface area contributed by atoms with Gasteiger partial charge in [0.1, 0.15) is 22.6 Å². The van der Waals surface area contributed by atoms with Crippen LogP contribution in [0.1, 0.15) is 115 Å². The van der Waals surface area contributed by atoms with Crippen molar-refractivity contribution in [3.63, 3.8) is 0 Å². The standard InChI is InChI=1S/C27H34F3NO3.C26H32F3NO3/c1-26(2,3)20-7-9-21(10-8-20)34-23-12-6-18-13-17(5-11-22(18)24(23)27(28,29)30)14-31-15-19(16-31)25(32)33-4;1-25(2,3)19-6-8-20(9-7-19)33-22-11-5-17-12-16(13-30-14-18(15-30)24(31)32)4-10-21(17)23(22)26(27,28)29/h5-6,11-13,19-21H,7-10,14-16H2,1-4H3;4-5,10-12,18-20H,6-9,13-15H2,1-3H3,(H,31,32). The Morgan fingerprint density at radius 2 is 0.940 bits per heavy atom. The normalized spacial score (nSPS) is 22.6. The minimum absolute atomic E-state index is 0.0735. The number of hydrogen-bond donors (Lipinski definition) is 1. The number of aliphatic carboxylic acids is 1. The summed E-state index contributed by atoms with van der Waals surface area (Å²) in [5.41, 5.74) is 0.794. The number of carboxylic acids is 1. The maximum Gasteiger partial charge on any atom is 0.420 e. The number of rotatable bonds is 10. The fraction of sp³-hybridized carbons (Fsp3) is 0.585. The minimum Gasteiger partial charge on any atom is -0.490 e. The summed E-state index contributed by atoms with van der Waals surface area (Å²) < 4.78 is 101. The number of carboxylic acid groups (broad SMARTS) is 1. The van der Waals surface area contributed by atoms with Crippen molar-refractivity contribution in [3.8, 4) is 11.5 Å². The van der Waals surface area contributed by atoms with Crippen LogP contribution in [0.5, 0.6) is 11.5 Å². The highest BCUT2D eigenvalue weighted by atomic mass is 19.4. The number of carbonyl (C=O) groups is 2. The van der Waals surface area contributed by atoms with Gasteiger partial charge in [-0.15, -0.1) is 0 Å². The van der Waals surface area contributed by atoms with Gasteiger partial charge in [-0.1, -0.05) is 77.9 Å². The van der Waals surface area contributed by atoms with Gasteiger partial charge in [-0.05, 0) is 131 Å². The van der Waals surface area contributed by atoms with Gasteiger partial charge in [-0.2, -0.15) is 26.3 Å². The fourth-order valence-corrected chi connectivity index (χ4v) is 10.5. The van der Waals surface area contributed by atoms with Crippen molar-refractivity contribution in [1.82, 2.24) is 9.80 Å². The van der Waals surface area contributed by atoms with Crippen LogP contribution >= 0.6 is 0 Å². The zero-order chi connectivity index (χ0) is 48.6. The average molecular weight is 941 g/mol. The molecule has 0 atom stereocenters. The molecule has 0 spiro atoms. The SMILES string of the molecule is CC(C)(C)C1CCC(Oc2ccc3cc(CN4CC(C(=O)O)C4)ccc3c2C(F)(F)F)CC1.COC(=O)C1CN(Cc2ccc3c(C(F)(F)F)c(OC4CCC(C(C)(C)C)CC4)ccc3c2)C1. The first-order valence-electron chi connectivity index (χ1n) is 23.7. The van der Waals surface area contributed by atoms with Crippen molar-refractivity contribution < 1.29 is 55.2 Å². The number of ether oxygens (including phenoxy) is 3. The van der Waals surface area contributed by atoms with E-state index in [4.69, 9.17) is 19.3 Å². The summed E-state index contributed by atoms with van der Waals surface area (Å²) in [6.07, 6.45) is -2.46. The number of halogens is 6. The molecule has 2 saturated carbocycles. The molecule has 4 aromatic carbocycles. The molecule has 4 aliphatic rings. The van der Waals surface area contributed by atoms with Gasteiger partial charge in [0.2, 0.25) is 0 Å². The molecule has 1 N–H and O–H groups in total. The molecule has 366 valence electrons. The molecule has 8 nitrogen and oxygen atoms in total. The molecule has 14 heteroatoms. The second-order valence-electron chi connectivity index (χ2n) is 21.5. The largest absolute Gasteiger partial charge is 0.490 e. The molecule has 8 rings (SSSR count).